The number of aromatic nitrogens is 1. The topological polar surface area (TPSA) is 12.9 Å². The van der Waals surface area contributed by atoms with Crippen molar-refractivity contribution >= 4 is 23.5 Å². The van der Waals surface area contributed by atoms with Crippen LogP contribution in [0.4, 0.5) is 0 Å². The molecule has 2 fully saturated rings. The van der Waals surface area contributed by atoms with E-state index in [-0.39, 0.29) is 0 Å². The molecular formula is C17H20BNS. The number of nitrogens with zero attached hydrogens (tertiary/aromatic N) is 1. The third-order valence-corrected chi connectivity index (χ3v) is 6.07. The van der Waals surface area contributed by atoms with Crippen LogP contribution in [0.2, 0.25) is 11.6 Å². The van der Waals surface area contributed by atoms with Crippen molar-refractivity contribution in [2.24, 2.45) is 0 Å². The molecule has 4 heterocycles. The van der Waals surface area contributed by atoms with E-state index in [4.69, 9.17) is 0 Å². The van der Waals surface area contributed by atoms with E-state index in [1.54, 1.807) is 5.46 Å². The molecule has 0 N–H and O–H groups in total. The van der Waals surface area contributed by atoms with Gasteiger partial charge in [-0.15, -0.1) is 0 Å². The summed E-state index contributed by atoms with van der Waals surface area (Å²) in [7, 11) is 0. The highest BCUT2D eigenvalue weighted by Gasteiger charge is 2.41. The van der Waals surface area contributed by atoms with Gasteiger partial charge in [0.05, 0.1) is 5.69 Å². The van der Waals surface area contributed by atoms with E-state index in [0.717, 1.165) is 24.0 Å². The molecule has 1 nitrogen and oxygen atoms in total. The molecule has 0 saturated carbocycles. The number of thiophene rings is 1. The van der Waals surface area contributed by atoms with Crippen molar-refractivity contribution in [3.63, 3.8) is 0 Å². The largest absolute Gasteiger partial charge is 0.256 e. The number of fused-ring (bicyclic) bond motifs is 2. The third-order valence-electron chi connectivity index (χ3n) is 5.31. The van der Waals surface area contributed by atoms with E-state index in [0.29, 0.717) is 0 Å². The third kappa shape index (κ3) is 2.12. The zero-order valence-electron chi connectivity index (χ0n) is 11.8. The molecule has 4 rings (SSSR count). The molecule has 2 aromatic heterocycles. The Bertz CT molecular complexity index is 558. The molecule has 2 saturated heterocycles. The lowest BCUT2D eigenvalue weighted by Gasteiger charge is -2.40. The molecule has 2 aliphatic rings. The van der Waals surface area contributed by atoms with E-state index >= 15 is 0 Å². The van der Waals surface area contributed by atoms with Crippen molar-refractivity contribution in [1.82, 2.24) is 4.98 Å². The molecule has 2 aromatic rings. The van der Waals surface area contributed by atoms with Gasteiger partial charge >= 0.3 is 0 Å². The lowest BCUT2D eigenvalue weighted by atomic mass is 9.24. The average molecular weight is 281 g/mol. The van der Waals surface area contributed by atoms with Crippen LogP contribution in [0.15, 0.2) is 35.2 Å². The Balaban J connectivity index is 1.74. The Morgan fingerprint density at radius 2 is 1.75 bits per heavy atom. The number of rotatable bonds is 2. The first-order chi connectivity index (χ1) is 9.93. The summed E-state index contributed by atoms with van der Waals surface area (Å²) < 4.78 is 0. The summed E-state index contributed by atoms with van der Waals surface area (Å²) in [6.45, 7) is 0.806. The van der Waals surface area contributed by atoms with Crippen LogP contribution in [-0.2, 0) is 0 Å². The Labute approximate surface area is 125 Å². The fraction of sp³-hybridized carbons (Fsp3) is 0.471. The van der Waals surface area contributed by atoms with Crippen LogP contribution in [0.3, 0.4) is 0 Å². The fourth-order valence-electron chi connectivity index (χ4n) is 4.48. The molecule has 20 heavy (non-hydrogen) atoms. The summed E-state index contributed by atoms with van der Waals surface area (Å²) in [6.07, 6.45) is 10.6. The summed E-state index contributed by atoms with van der Waals surface area (Å²) in [5, 5.41) is 4.72. The highest BCUT2D eigenvalue weighted by Crippen LogP contribution is 2.47. The minimum atomic E-state index is 0.806. The molecule has 0 atom stereocenters. The molecule has 0 unspecified atom stereocenters. The van der Waals surface area contributed by atoms with Gasteiger partial charge in [0.25, 0.3) is 0 Å². The second kappa shape index (κ2) is 5.36. The van der Waals surface area contributed by atoms with Gasteiger partial charge in [0.2, 0.25) is 0 Å². The van der Waals surface area contributed by atoms with Crippen LogP contribution in [0.25, 0.3) is 11.3 Å². The summed E-state index contributed by atoms with van der Waals surface area (Å²) >= 11 is 1.85. The normalized spacial score (nSPS) is 25.7. The van der Waals surface area contributed by atoms with Gasteiger partial charge in [-0.05, 0) is 22.9 Å². The first-order valence-electron chi connectivity index (χ1n) is 7.91. The van der Waals surface area contributed by atoms with E-state index < -0.39 is 0 Å². The monoisotopic (exact) mass is 281 g/mol. The standard InChI is InChI=1S/C17H20BNS/c1-2-10-19-17(9-1)15-11-20-12-16(15)18-13-5-3-6-14(18)8-4-7-13/h1-2,9-14H,3-8H2. The predicted molar refractivity (Wildman–Crippen MR) is 88.1 cm³/mol. The quantitative estimate of drug-likeness (QED) is 0.732. The van der Waals surface area contributed by atoms with E-state index in [1.165, 1.54) is 44.1 Å². The lowest BCUT2D eigenvalue weighted by molar-refractivity contribution is 0.448. The first kappa shape index (κ1) is 12.6. The minimum Gasteiger partial charge on any atom is -0.256 e. The zero-order valence-corrected chi connectivity index (χ0v) is 12.6. The first-order valence-corrected chi connectivity index (χ1v) is 8.85. The minimum absolute atomic E-state index is 0.806. The van der Waals surface area contributed by atoms with E-state index in [1.807, 2.05) is 23.6 Å². The Morgan fingerprint density at radius 1 is 1.00 bits per heavy atom. The zero-order chi connectivity index (χ0) is 13.4. The van der Waals surface area contributed by atoms with Gasteiger partial charge in [0.1, 0.15) is 0 Å². The van der Waals surface area contributed by atoms with Crippen molar-refractivity contribution in [3.05, 3.63) is 35.2 Å². The van der Waals surface area contributed by atoms with E-state index in [9.17, 15) is 0 Å². The Hall–Kier alpha value is -1.09. The Kier molecular flexibility index (Phi) is 3.39. The highest BCUT2D eigenvalue weighted by molar-refractivity contribution is 7.10. The van der Waals surface area contributed by atoms with Gasteiger partial charge in [-0.1, -0.05) is 61.7 Å². The van der Waals surface area contributed by atoms with Crippen molar-refractivity contribution in [1.29, 1.82) is 0 Å². The summed E-state index contributed by atoms with van der Waals surface area (Å²) in [6, 6.07) is 6.26. The van der Waals surface area contributed by atoms with Crippen LogP contribution < -0.4 is 5.46 Å². The molecule has 102 valence electrons. The molecule has 0 aromatic carbocycles. The SMILES string of the molecule is c1ccc(-c2cscc2B2C3CCCC2CCC3)nc1. The summed E-state index contributed by atoms with van der Waals surface area (Å²) in [5.74, 6) is 1.86. The maximum absolute atomic E-state index is 4.58. The molecule has 2 aliphatic heterocycles. The van der Waals surface area contributed by atoms with Crippen LogP contribution >= 0.6 is 11.3 Å². The van der Waals surface area contributed by atoms with Crippen LogP contribution in [0.5, 0.6) is 0 Å². The average Bonchev–Trinajstić information content (AvgIpc) is 2.96. The van der Waals surface area contributed by atoms with Gasteiger partial charge in [-0.2, -0.15) is 11.3 Å². The molecule has 0 spiro atoms. The second-order valence-electron chi connectivity index (χ2n) is 6.36. The number of pyridine rings is 1. The van der Waals surface area contributed by atoms with Gasteiger partial charge in [-0.3, -0.25) is 4.98 Å². The number of hydrogen-bond donors (Lipinski definition) is 0. The Morgan fingerprint density at radius 3 is 2.40 bits per heavy atom. The van der Waals surface area contributed by atoms with Crippen molar-refractivity contribution in [3.8, 4) is 11.3 Å². The van der Waals surface area contributed by atoms with Crippen LogP contribution in [-0.4, -0.2) is 11.7 Å². The molecule has 0 radical (unpaired) electrons. The van der Waals surface area contributed by atoms with E-state index in [2.05, 4.69) is 27.9 Å². The van der Waals surface area contributed by atoms with Gasteiger partial charge in [0, 0.05) is 11.8 Å². The van der Waals surface area contributed by atoms with Crippen molar-refractivity contribution in [2.75, 3.05) is 0 Å². The van der Waals surface area contributed by atoms with Gasteiger partial charge in [-0.25, -0.2) is 0 Å². The predicted octanol–water partition coefficient (Wildman–Crippen LogP) is 4.62. The smallest absolute Gasteiger partial charge is 0.184 e. The van der Waals surface area contributed by atoms with Gasteiger partial charge in [0.15, 0.2) is 6.71 Å². The molecule has 0 aliphatic carbocycles. The van der Waals surface area contributed by atoms with Crippen molar-refractivity contribution in [2.45, 2.75) is 50.2 Å². The molecule has 2 bridgehead atoms. The highest BCUT2D eigenvalue weighted by atomic mass is 32.1. The summed E-state index contributed by atoms with van der Waals surface area (Å²) in [5.41, 5.74) is 4.16. The van der Waals surface area contributed by atoms with Crippen molar-refractivity contribution < 1.29 is 0 Å². The van der Waals surface area contributed by atoms with Crippen LogP contribution in [0, 0.1) is 0 Å². The maximum Gasteiger partial charge on any atom is 0.184 e. The summed E-state index contributed by atoms with van der Waals surface area (Å²) in [4.78, 5) is 4.58. The molecule has 0 amide bonds. The second-order valence-corrected chi connectivity index (χ2v) is 7.11. The maximum atomic E-state index is 4.58. The molecular weight excluding hydrogens is 261 g/mol. The fourth-order valence-corrected chi connectivity index (χ4v) is 5.37. The van der Waals surface area contributed by atoms with Gasteiger partial charge < -0.3 is 0 Å². The molecule has 3 heteroatoms. The number of hydrogen-bond acceptors (Lipinski definition) is 2. The van der Waals surface area contributed by atoms with Crippen LogP contribution in [0.1, 0.15) is 38.5 Å². The lowest BCUT2D eigenvalue weighted by Crippen LogP contribution is -2.44.